The lowest BCUT2D eigenvalue weighted by molar-refractivity contribution is -0.124. The summed E-state index contributed by atoms with van der Waals surface area (Å²) in [5, 5.41) is 11.8. The van der Waals surface area contributed by atoms with Crippen molar-refractivity contribution in [1.82, 2.24) is 20.1 Å². The molecule has 1 amide bonds. The van der Waals surface area contributed by atoms with Crippen molar-refractivity contribution in [1.29, 1.82) is 0 Å². The fraction of sp³-hybridized carbons (Fsp3) is 0.357. The Morgan fingerprint density at radius 2 is 2.14 bits per heavy atom. The lowest BCUT2D eigenvalue weighted by atomic mass is 9.86. The zero-order valence-corrected chi connectivity index (χ0v) is 12.9. The number of aromatic nitrogens is 3. The highest BCUT2D eigenvalue weighted by Gasteiger charge is 2.36. The van der Waals surface area contributed by atoms with Gasteiger partial charge in [-0.2, -0.15) is 0 Å². The van der Waals surface area contributed by atoms with Crippen LogP contribution in [0.4, 0.5) is 0 Å². The standard InChI is InChI=1S/C14H19N5OS/c1-16-14(12(15)20,11-6-4-3-5-7-11)8-9-21-13-18-17-10-19(13)2/h3-7,10,16H,8-9H2,1-2H3,(H2,15,20). The molecule has 0 saturated heterocycles. The average molecular weight is 305 g/mol. The van der Waals surface area contributed by atoms with E-state index in [0.29, 0.717) is 12.2 Å². The van der Waals surface area contributed by atoms with Crippen molar-refractivity contribution in [3.05, 3.63) is 42.2 Å². The number of carbonyl (C=O) groups excluding carboxylic acids is 1. The number of carbonyl (C=O) groups is 1. The minimum atomic E-state index is -0.868. The molecule has 21 heavy (non-hydrogen) atoms. The molecule has 7 heteroatoms. The first kappa shape index (κ1) is 15.5. The Hall–Kier alpha value is -1.86. The number of benzene rings is 1. The molecular formula is C14H19N5OS. The van der Waals surface area contributed by atoms with Crippen LogP contribution in [-0.2, 0) is 17.4 Å². The van der Waals surface area contributed by atoms with Crippen LogP contribution in [0, 0.1) is 0 Å². The summed E-state index contributed by atoms with van der Waals surface area (Å²) in [6.07, 6.45) is 2.22. The topological polar surface area (TPSA) is 85.8 Å². The molecule has 1 aromatic heterocycles. The summed E-state index contributed by atoms with van der Waals surface area (Å²) in [5.41, 5.74) is 5.67. The predicted molar refractivity (Wildman–Crippen MR) is 82.7 cm³/mol. The van der Waals surface area contributed by atoms with Gasteiger partial charge in [-0.1, -0.05) is 42.1 Å². The van der Waals surface area contributed by atoms with E-state index >= 15 is 0 Å². The van der Waals surface area contributed by atoms with Crippen molar-refractivity contribution in [2.24, 2.45) is 12.8 Å². The van der Waals surface area contributed by atoms with Crippen molar-refractivity contribution >= 4 is 17.7 Å². The second-order valence-corrected chi connectivity index (χ2v) is 5.77. The Morgan fingerprint density at radius 3 is 2.67 bits per heavy atom. The summed E-state index contributed by atoms with van der Waals surface area (Å²) in [6.45, 7) is 0. The number of rotatable bonds is 7. The number of primary amides is 1. The van der Waals surface area contributed by atoms with Crippen LogP contribution in [-0.4, -0.2) is 33.5 Å². The monoisotopic (exact) mass is 305 g/mol. The van der Waals surface area contributed by atoms with E-state index in [9.17, 15) is 4.79 Å². The van der Waals surface area contributed by atoms with E-state index in [1.54, 1.807) is 25.1 Å². The molecule has 2 rings (SSSR count). The Kier molecular flexibility index (Phi) is 4.98. The van der Waals surface area contributed by atoms with Gasteiger partial charge in [-0.3, -0.25) is 4.79 Å². The van der Waals surface area contributed by atoms with E-state index in [-0.39, 0.29) is 5.91 Å². The molecule has 0 bridgehead atoms. The lowest BCUT2D eigenvalue weighted by Crippen LogP contribution is -2.51. The maximum Gasteiger partial charge on any atom is 0.242 e. The van der Waals surface area contributed by atoms with E-state index < -0.39 is 5.54 Å². The first-order valence-electron chi connectivity index (χ1n) is 6.61. The van der Waals surface area contributed by atoms with E-state index in [4.69, 9.17) is 5.73 Å². The Balaban J connectivity index is 2.14. The van der Waals surface area contributed by atoms with Crippen LogP contribution in [0.1, 0.15) is 12.0 Å². The second-order valence-electron chi connectivity index (χ2n) is 4.71. The molecule has 0 aliphatic carbocycles. The lowest BCUT2D eigenvalue weighted by Gasteiger charge is -2.30. The van der Waals surface area contributed by atoms with Crippen LogP contribution in [0.2, 0.25) is 0 Å². The van der Waals surface area contributed by atoms with Crippen molar-refractivity contribution < 1.29 is 4.79 Å². The van der Waals surface area contributed by atoms with Crippen LogP contribution in [0.5, 0.6) is 0 Å². The average Bonchev–Trinajstić information content (AvgIpc) is 2.90. The number of nitrogens with zero attached hydrogens (tertiary/aromatic N) is 3. The minimum Gasteiger partial charge on any atom is -0.368 e. The van der Waals surface area contributed by atoms with Crippen LogP contribution < -0.4 is 11.1 Å². The molecule has 0 radical (unpaired) electrons. The van der Waals surface area contributed by atoms with E-state index in [1.807, 2.05) is 41.9 Å². The smallest absolute Gasteiger partial charge is 0.242 e. The summed E-state index contributed by atoms with van der Waals surface area (Å²) in [6, 6.07) is 9.54. The van der Waals surface area contributed by atoms with Gasteiger partial charge in [0, 0.05) is 12.8 Å². The quantitative estimate of drug-likeness (QED) is 0.742. The molecule has 1 aromatic carbocycles. The number of hydrogen-bond acceptors (Lipinski definition) is 5. The molecule has 2 aromatic rings. The third-order valence-corrected chi connectivity index (χ3v) is 4.53. The highest BCUT2D eigenvalue weighted by molar-refractivity contribution is 7.99. The maximum absolute atomic E-state index is 12.0. The van der Waals surface area contributed by atoms with Gasteiger partial charge in [-0.05, 0) is 19.0 Å². The first-order chi connectivity index (χ1) is 10.1. The minimum absolute atomic E-state index is 0.380. The predicted octanol–water partition coefficient (Wildman–Crippen LogP) is 0.898. The van der Waals surface area contributed by atoms with Gasteiger partial charge in [0.05, 0.1) is 0 Å². The fourth-order valence-corrected chi connectivity index (χ4v) is 3.17. The second kappa shape index (κ2) is 6.73. The number of likely N-dealkylation sites (N-methyl/N-ethyl adjacent to an activating group) is 1. The molecule has 1 unspecified atom stereocenters. The molecule has 1 heterocycles. The third kappa shape index (κ3) is 3.25. The molecule has 1 atom stereocenters. The van der Waals surface area contributed by atoms with Crippen molar-refractivity contribution in [3.8, 4) is 0 Å². The molecule has 0 saturated carbocycles. The molecule has 0 spiro atoms. The Bertz CT molecular complexity index is 600. The van der Waals surface area contributed by atoms with Gasteiger partial charge >= 0.3 is 0 Å². The molecule has 0 aliphatic heterocycles. The summed E-state index contributed by atoms with van der Waals surface area (Å²) in [7, 11) is 3.64. The largest absolute Gasteiger partial charge is 0.368 e. The number of thioether (sulfide) groups is 1. The van der Waals surface area contributed by atoms with E-state index in [2.05, 4.69) is 15.5 Å². The molecule has 3 N–H and O–H groups in total. The van der Waals surface area contributed by atoms with Gasteiger partial charge in [0.15, 0.2) is 5.16 Å². The summed E-state index contributed by atoms with van der Waals surface area (Å²) in [5.74, 6) is 0.320. The zero-order valence-electron chi connectivity index (χ0n) is 12.1. The maximum atomic E-state index is 12.0. The van der Waals surface area contributed by atoms with Crippen LogP contribution >= 0.6 is 11.8 Å². The molecule has 6 nitrogen and oxygen atoms in total. The Morgan fingerprint density at radius 1 is 1.43 bits per heavy atom. The summed E-state index contributed by atoms with van der Waals surface area (Å²) in [4.78, 5) is 12.0. The SMILES string of the molecule is CNC(CCSc1nncn1C)(C(N)=O)c1ccccc1. The summed E-state index contributed by atoms with van der Waals surface area (Å²) >= 11 is 1.55. The van der Waals surface area contributed by atoms with Gasteiger partial charge in [-0.15, -0.1) is 10.2 Å². The molecule has 0 fully saturated rings. The van der Waals surface area contributed by atoms with Crippen LogP contribution in [0.3, 0.4) is 0 Å². The number of nitrogens with one attached hydrogen (secondary N) is 1. The van der Waals surface area contributed by atoms with Gasteiger partial charge in [0.25, 0.3) is 0 Å². The van der Waals surface area contributed by atoms with Crippen LogP contribution in [0.25, 0.3) is 0 Å². The number of amides is 1. The number of nitrogens with two attached hydrogens (primary N) is 1. The number of aryl methyl sites for hydroxylation is 1. The molecule has 0 aliphatic rings. The van der Waals surface area contributed by atoms with Crippen molar-refractivity contribution in [3.63, 3.8) is 0 Å². The third-order valence-electron chi connectivity index (χ3n) is 3.49. The van der Waals surface area contributed by atoms with E-state index in [1.165, 1.54) is 0 Å². The highest BCUT2D eigenvalue weighted by atomic mass is 32.2. The van der Waals surface area contributed by atoms with Gasteiger partial charge < -0.3 is 15.6 Å². The van der Waals surface area contributed by atoms with Gasteiger partial charge in [0.2, 0.25) is 5.91 Å². The summed E-state index contributed by atoms with van der Waals surface area (Å²) < 4.78 is 1.85. The van der Waals surface area contributed by atoms with Crippen LogP contribution in [0.15, 0.2) is 41.8 Å². The number of hydrogen-bond donors (Lipinski definition) is 2. The Labute approximate surface area is 128 Å². The van der Waals surface area contributed by atoms with E-state index in [0.717, 1.165) is 10.7 Å². The van der Waals surface area contributed by atoms with Gasteiger partial charge in [-0.25, -0.2) is 0 Å². The first-order valence-corrected chi connectivity index (χ1v) is 7.60. The normalized spacial score (nSPS) is 13.8. The van der Waals surface area contributed by atoms with Gasteiger partial charge in [0.1, 0.15) is 11.9 Å². The molecular weight excluding hydrogens is 286 g/mol. The fourth-order valence-electron chi connectivity index (χ4n) is 2.22. The molecule has 112 valence electrons. The van der Waals surface area contributed by atoms with Crippen molar-refractivity contribution in [2.75, 3.05) is 12.8 Å². The van der Waals surface area contributed by atoms with Crippen molar-refractivity contribution in [2.45, 2.75) is 17.1 Å². The zero-order chi connectivity index (χ0) is 15.3. The highest BCUT2D eigenvalue weighted by Crippen LogP contribution is 2.28.